The third-order valence-electron chi connectivity index (χ3n) is 2.42. The second-order valence-electron chi connectivity index (χ2n) is 6.19. The van der Waals surface area contributed by atoms with Gasteiger partial charge in [-0.3, -0.25) is 0 Å². The molecule has 0 aromatic heterocycles. The predicted molar refractivity (Wildman–Crippen MR) is 77.3 cm³/mol. The molecule has 0 aromatic rings. The molecule has 3 nitrogen and oxygen atoms in total. The molecule has 0 amide bonds. The highest BCUT2D eigenvalue weighted by Gasteiger charge is 2.28. The van der Waals surface area contributed by atoms with E-state index >= 15 is 0 Å². The molecule has 0 aliphatic carbocycles. The molecule has 1 N–H and O–H groups in total. The van der Waals surface area contributed by atoms with Crippen molar-refractivity contribution >= 4 is 22.4 Å². The van der Waals surface area contributed by atoms with Crippen molar-refractivity contribution in [3.8, 4) is 0 Å². The molecule has 0 bridgehead atoms. The van der Waals surface area contributed by atoms with Crippen molar-refractivity contribution < 1.29 is 14.3 Å². The van der Waals surface area contributed by atoms with E-state index in [0.29, 0.717) is 5.76 Å². The van der Waals surface area contributed by atoms with Crippen LogP contribution in [-0.4, -0.2) is 27.5 Å². The van der Waals surface area contributed by atoms with Gasteiger partial charge in [0.15, 0.2) is 0 Å². The minimum absolute atomic E-state index is 0.270. The number of carboxylic acid groups (broad SMARTS) is 1. The number of rotatable bonds is 5. The quantitative estimate of drug-likeness (QED) is 0.360. The Hall–Kier alpha value is -0.816. The molecule has 0 fully saturated rings. The Balaban J connectivity index is 5.43. The fourth-order valence-corrected chi connectivity index (χ4v) is 3.12. The summed E-state index contributed by atoms with van der Waals surface area (Å²) in [5.41, 5.74) is 0.270. The summed E-state index contributed by atoms with van der Waals surface area (Å²) in [5.74, 6) is -0.621. The summed E-state index contributed by atoms with van der Waals surface area (Å²) in [4.78, 5) is 11.4. The Morgan fingerprint density at radius 2 is 1.53 bits per heavy atom. The molecule has 17 heavy (non-hydrogen) atoms. The topological polar surface area (TPSA) is 46.5 Å². The van der Waals surface area contributed by atoms with Gasteiger partial charge >= 0.3 is 5.97 Å². The predicted octanol–water partition coefficient (Wildman–Crippen LogP) is 3.63. The second kappa shape index (κ2) is 5.22. The number of hydrogen-bond donors (Lipinski definition) is 1. The maximum Gasteiger partial charge on any atom is 0.338 e. The summed E-state index contributed by atoms with van der Waals surface area (Å²) < 4.78 is 5.71. The Morgan fingerprint density at radius 1 is 1.12 bits per heavy atom. The van der Waals surface area contributed by atoms with Gasteiger partial charge in [-0.15, -0.1) is 0 Å². The molecular weight excluding hydrogens is 248 g/mol. The third kappa shape index (κ3) is 5.36. The van der Waals surface area contributed by atoms with Gasteiger partial charge in [-0.1, -0.05) is 31.4 Å². The fourth-order valence-electron chi connectivity index (χ4n) is 1.28. The van der Waals surface area contributed by atoms with Crippen LogP contribution in [0, 0.1) is 0 Å². The second-order valence-corrected chi connectivity index (χ2v) is 15.9. The summed E-state index contributed by atoms with van der Waals surface area (Å²) in [5, 5.41) is 10.2. The van der Waals surface area contributed by atoms with Gasteiger partial charge in [-0.05, 0) is 26.6 Å². The smallest absolute Gasteiger partial charge is 0.338 e. The van der Waals surface area contributed by atoms with Crippen LogP contribution < -0.4 is 0 Å². The van der Waals surface area contributed by atoms with Crippen molar-refractivity contribution in [1.29, 1.82) is 0 Å². The fraction of sp³-hybridized carbons (Fsp3) is 0.583. The molecule has 0 rings (SSSR count). The lowest BCUT2D eigenvalue weighted by Gasteiger charge is -2.25. The minimum atomic E-state index is -1.82. The van der Waals surface area contributed by atoms with E-state index < -0.39 is 22.4 Å². The van der Waals surface area contributed by atoms with E-state index in [1.807, 2.05) is 26.6 Å². The number of allylic oxidation sites excluding steroid dienone is 1. The number of aliphatic carboxylic acids is 1. The van der Waals surface area contributed by atoms with Crippen LogP contribution in [0.4, 0.5) is 0 Å². The molecule has 0 aromatic carbocycles. The maximum absolute atomic E-state index is 11.4. The lowest BCUT2D eigenvalue weighted by atomic mass is 10.2. The monoisotopic (exact) mass is 272 g/mol. The first-order valence-electron chi connectivity index (χ1n) is 5.69. The van der Waals surface area contributed by atoms with Crippen LogP contribution in [0.2, 0.25) is 39.3 Å². The molecule has 0 saturated heterocycles. The molecule has 0 spiro atoms. The van der Waals surface area contributed by atoms with Gasteiger partial charge in [0.05, 0.1) is 13.6 Å². The third-order valence-corrected chi connectivity index (χ3v) is 5.78. The number of carbonyl (C=O) groups is 1. The van der Waals surface area contributed by atoms with Crippen LogP contribution in [0.25, 0.3) is 0 Å². The molecule has 0 saturated carbocycles. The van der Waals surface area contributed by atoms with Crippen molar-refractivity contribution in [3.63, 3.8) is 0 Å². The largest absolute Gasteiger partial charge is 0.544 e. The highest BCUT2D eigenvalue weighted by molar-refractivity contribution is 6.83. The lowest BCUT2D eigenvalue weighted by molar-refractivity contribution is -0.132. The minimum Gasteiger partial charge on any atom is -0.544 e. The lowest BCUT2D eigenvalue weighted by Crippen LogP contribution is -2.30. The van der Waals surface area contributed by atoms with Crippen molar-refractivity contribution in [1.82, 2.24) is 0 Å². The summed E-state index contributed by atoms with van der Waals surface area (Å²) in [7, 11) is -3.47. The Bertz CT molecular complexity index is 357. The normalized spacial score (nSPS) is 14.1. The van der Waals surface area contributed by atoms with Gasteiger partial charge in [-0.2, -0.15) is 0 Å². The van der Waals surface area contributed by atoms with Gasteiger partial charge in [0, 0.05) is 0 Å². The van der Waals surface area contributed by atoms with E-state index in [1.165, 1.54) is 0 Å². The van der Waals surface area contributed by atoms with Crippen LogP contribution in [-0.2, 0) is 9.22 Å². The van der Waals surface area contributed by atoms with Crippen LogP contribution >= 0.6 is 0 Å². The van der Waals surface area contributed by atoms with Gasteiger partial charge < -0.3 is 9.53 Å². The SMILES string of the molecule is C=C(O[Si](C)(C)C)/C(C(=O)O)=C(/C)[Si](C)(C)C. The summed E-state index contributed by atoms with van der Waals surface area (Å²) in [6.07, 6.45) is 0. The van der Waals surface area contributed by atoms with Gasteiger partial charge in [0.2, 0.25) is 8.32 Å². The average molecular weight is 272 g/mol. The highest BCUT2D eigenvalue weighted by atomic mass is 28.4. The molecule has 0 aliphatic rings. The van der Waals surface area contributed by atoms with E-state index in [2.05, 4.69) is 26.2 Å². The highest BCUT2D eigenvalue weighted by Crippen LogP contribution is 2.25. The molecule has 0 radical (unpaired) electrons. The summed E-state index contributed by atoms with van der Waals surface area (Å²) in [6.45, 7) is 18.1. The van der Waals surface area contributed by atoms with Crippen LogP contribution in [0.1, 0.15) is 6.92 Å². The van der Waals surface area contributed by atoms with Crippen molar-refractivity contribution in [2.24, 2.45) is 0 Å². The van der Waals surface area contributed by atoms with Crippen molar-refractivity contribution in [3.05, 3.63) is 23.1 Å². The zero-order valence-corrected chi connectivity index (χ0v) is 14.0. The van der Waals surface area contributed by atoms with Gasteiger partial charge in [0.25, 0.3) is 0 Å². The van der Waals surface area contributed by atoms with Crippen LogP contribution in [0.5, 0.6) is 0 Å². The Morgan fingerprint density at radius 3 is 1.76 bits per heavy atom. The van der Waals surface area contributed by atoms with E-state index in [1.54, 1.807) is 0 Å². The molecule has 5 heteroatoms. The van der Waals surface area contributed by atoms with E-state index in [4.69, 9.17) is 4.43 Å². The Labute approximate surface area is 106 Å². The first-order valence-corrected chi connectivity index (χ1v) is 12.6. The van der Waals surface area contributed by atoms with E-state index in [0.717, 1.165) is 5.20 Å². The molecule has 0 aliphatic heterocycles. The zero-order chi connectivity index (χ0) is 14.0. The van der Waals surface area contributed by atoms with Gasteiger partial charge in [-0.25, -0.2) is 4.79 Å². The average Bonchev–Trinajstić information content (AvgIpc) is 1.97. The van der Waals surface area contributed by atoms with Crippen LogP contribution in [0.15, 0.2) is 23.1 Å². The molecule has 0 atom stereocenters. The Kier molecular flexibility index (Phi) is 4.97. The first-order chi connectivity index (χ1) is 7.36. The molecule has 0 heterocycles. The summed E-state index contributed by atoms with van der Waals surface area (Å²) in [6, 6.07) is 0. The molecule has 98 valence electrons. The van der Waals surface area contributed by atoms with Gasteiger partial charge in [0.1, 0.15) is 5.76 Å². The van der Waals surface area contributed by atoms with Crippen molar-refractivity contribution in [2.45, 2.75) is 46.2 Å². The zero-order valence-electron chi connectivity index (χ0n) is 12.0. The molecule has 0 unspecified atom stereocenters. The summed E-state index contributed by atoms with van der Waals surface area (Å²) >= 11 is 0. The molecular formula is C12H24O3Si2. The van der Waals surface area contributed by atoms with E-state index in [9.17, 15) is 9.90 Å². The standard InChI is InChI=1S/C12H24O3Si2/c1-9(15-17(6,7)8)11(12(13)14)10(2)16(3,4)5/h1H2,2-8H3,(H,13,14)/b11-10+. The number of carboxylic acids is 1. The van der Waals surface area contributed by atoms with Crippen LogP contribution in [0.3, 0.4) is 0 Å². The van der Waals surface area contributed by atoms with E-state index in [-0.39, 0.29) is 5.57 Å². The number of hydrogen-bond acceptors (Lipinski definition) is 2. The first kappa shape index (κ1) is 16.2. The van der Waals surface area contributed by atoms with Crippen molar-refractivity contribution in [2.75, 3.05) is 0 Å². The maximum atomic E-state index is 11.4.